The van der Waals surface area contributed by atoms with Crippen LogP contribution in [-0.4, -0.2) is 42.1 Å². The van der Waals surface area contributed by atoms with Crippen LogP contribution in [0.4, 0.5) is 5.82 Å². The highest BCUT2D eigenvalue weighted by atomic mass is 16.5. The molecule has 1 fully saturated rings. The molecule has 32 heavy (non-hydrogen) atoms. The summed E-state index contributed by atoms with van der Waals surface area (Å²) >= 11 is 0. The van der Waals surface area contributed by atoms with E-state index >= 15 is 0 Å². The van der Waals surface area contributed by atoms with E-state index in [1.165, 1.54) is 12.8 Å². The van der Waals surface area contributed by atoms with Crippen molar-refractivity contribution in [2.24, 2.45) is 0 Å². The van der Waals surface area contributed by atoms with E-state index in [-0.39, 0.29) is 11.8 Å². The van der Waals surface area contributed by atoms with E-state index in [2.05, 4.69) is 44.5 Å². The first-order chi connectivity index (χ1) is 15.7. The topological polar surface area (TPSA) is 67.3 Å². The minimum absolute atomic E-state index is 0.00271. The number of ether oxygens (including phenoxy) is 1. The van der Waals surface area contributed by atoms with Crippen molar-refractivity contribution in [2.45, 2.75) is 32.1 Å². The molecule has 1 aliphatic heterocycles. The molecule has 1 aromatic heterocycles. The van der Waals surface area contributed by atoms with Gasteiger partial charge in [-0.05, 0) is 30.9 Å². The summed E-state index contributed by atoms with van der Waals surface area (Å²) in [5, 5.41) is 2.99. The van der Waals surface area contributed by atoms with Gasteiger partial charge in [-0.15, -0.1) is 0 Å². The first-order valence-corrected chi connectivity index (χ1v) is 11.3. The van der Waals surface area contributed by atoms with Gasteiger partial charge >= 0.3 is 0 Å². The molecule has 0 radical (unpaired) electrons. The summed E-state index contributed by atoms with van der Waals surface area (Å²) in [4.78, 5) is 23.9. The van der Waals surface area contributed by atoms with Gasteiger partial charge in [0.15, 0.2) is 0 Å². The number of benzene rings is 2. The summed E-state index contributed by atoms with van der Waals surface area (Å²) in [5.41, 5.74) is 2.27. The molecule has 0 unspecified atom stereocenters. The Labute approximate surface area is 189 Å². The lowest BCUT2D eigenvalue weighted by Gasteiger charge is -2.18. The molecular weight excluding hydrogens is 400 g/mol. The minimum atomic E-state index is 0.00271. The number of carbonyl (C=O) groups excluding carboxylic acids is 1. The van der Waals surface area contributed by atoms with Crippen LogP contribution in [0.1, 0.15) is 42.1 Å². The maximum absolute atomic E-state index is 12.7. The highest BCUT2D eigenvalue weighted by Crippen LogP contribution is 2.27. The summed E-state index contributed by atoms with van der Waals surface area (Å²) in [6.45, 7) is 4.72. The lowest BCUT2D eigenvalue weighted by atomic mass is 9.88. The van der Waals surface area contributed by atoms with Gasteiger partial charge in [0.05, 0.1) is 6.54 Å². The van der Waals surface area contributed by atoms with E-state index < -0.39 is 0 Å². The average molecular weight is 431 g/mol. The van der Waals surface area contributed by atoms with E-state index in [0.29, 0.717) is 31.3 Å². The summed E-state index contributed by atoms with van der Waals surface area (Å²) in [6, 6.07) is 22.2. The monoisotopic (exact) mass is 430 g/mol. The Bertz CT molecular complexity index is 965. The van der Waals surface area contributed by atoms with Crippen molar-refractivity contribution in [3.63, 3.8) is 0 Å². The van der Waals surface area contributed by atoms with E-state index in [4.69, 9.17) is 4.74 Å². The SMILES string of the molecule is Cc1nc(OCCNC(=O)CC(c2ccccc2)c2ccccc2)cc(N2CCCC2)n1. The summed E-state index contributed by atoms with van der Waals surface area (Å²) in [7, 11) is 0. The summed E-state index contributed by atoms with van der Waals surface area (Å²) in [5.74, 6) is 2.19. The van der Waals surface area contributed by atoms with Crippen molar-refractivity contribution in [3.8, 4) is 5.88 Å². The van der Waals surface area contributed by atoms with E-state index in [0.717, 1.165) is 30.0 Å². The van der Waals surface area contributed by atoms with Crippen LogP contribution in [0.5, 0.6) is 5.88 Å². The normalized spacial score (nSPS) is 13.4. The Balaban J connectivity index is 1.31. The van der Waals surface area contributed by atoms with Gasteiger partial charge in [-0.2, -0.15) is 4.98 Å². The van der Waals surface area contributed by atoms with Crippen LogP contribution in [0.25, 0.3) is 0 Å². The fourth-order valence-electron chi connectivity index (χ4n) is 4.11. The van der Waals surface area contributed by atoms with Crippen LogP contribution in [-0.2, 0) is 4.79 Å². The van der Waals surface area contributed by atoms with E-state index in [1.807, 2.05) is 49.4 Å². The van der Waals surface area contributed by atoms with Gasteiger partial charge in [0.1, 0.15) is 18.2 Å². The van der Waals surface area contributed by atoms with Crippen LogP contribution in [0, 0.1) is 6.92 Å². The zero-order valence-corrected chi connectivity index (χ0v) is 18.5. The number of amides is 1. The quantitative estimate of drug-likeness (QED) is 0.518. The molecule has 0 bridgehead atoms. The number of hydrogen-bond donors (Lipinski definition) is 1. The molecule has 6 nitrogen and oxygen atoms in total. The third-order valence-electron chi connectivity index (χ3n) is 5.70. The summed E-state index contributed by atoms with van der Waals surface area (Å²) < 4.78 is 5.82. The molecule has 0 atom stereocenters. The van der Waals surface area contributed by atoms with Gasteiger partial charge in [0.2, 0.25) is 11.8 Å². The van der Waals surface area contributed by atoms with Gasteiger partial charge in [0.25, 0.3) is 0 Å². The third-order valence-corrected chi connectivity index (χ3v) is 5.70. The van der Waals surface area contributed by atoms with Crippen LogP contribution in [0.2, 0.25) is 0 Å². The smallest absolute Gasteiger partial charge is 0.221 e. The largest absolute Gasteiger partial charge is 0.476 e. The highest BCUT2D eigenvalue weighted by molar-refractivity contribution is 5.77. The Kier molecular flexibility index (Phi) is 7.33. The first-order valence-electron chi connectivity index (χ1n) is 11.3. The van der Waals surface area contributed by atoms with Crippen LogP contribution in [0.3, 0.4) is 0 Å². The number of carbonyl (C=O) groups is 1. The van der Waals surface area contributed by atoms with Crippen molar-refractivity contribution in [3.05, 3.63) is 83.7 Å². The second-order valence-electron chi connectivity index (χ2n) is 8.08. The molecule has 0 saturated carbocycles. The number of aryl methyl sites for hydroxylation is 1. The van der Waals surface area contributed by atoms with Crippen molar-refractivity contribution in [2.75, 3.05) is 31.1 Å². The zero-order valence-electron chi connectivity index (χ0n) is 18.5. The number of nitrogens with zero attached hydrogens (tertiary/aromatic N) is 3. The molecule has 4 rings (SSSR count). The molecule has 1 amide bonds. The van der Waals surface area contributed by atoms with E-state index in [1.54, 1.807) is 0 Å². The molecular formula is C26H30N4O2. The lowest BCUT2D eigenvalue weighted by Crippen LogP contribution is -2.29. The Morgan fingerprint density at radius 2 is 1.62 bits per heavy atom. The van der Waals surface area contributed by atoms with Gasteiger partial charge in [0, 0.05) is 31.5 Å². The Morgan fingerprint density at radius 3 is 2.25 bits per heavy atom. The molecule has 1 aliphatic rings. The molecule has 0 aliphatic carbocycles. The van der Waals surface area contributed by atoms with Crippen molar-refractivity contribution in [1.29, 1.82) is 0 Å². The molecule has 1 saturated heterocycles. The fourth-order valence-corrected chi connectivity index (χ4v) is 4.11. The molecule has 2 aromatic carbocycles. The minimum Gasteiger partial charge on any atom is -0.476 e. The molecule has 166 valence electrons. The van der Waals surface area contributed by atoms with E-state index in [9.17, 15) is 4.79 Å². The maximum atomic E-state index is 12.7. The second-order valence-corrected chi connectivity index (χ2v) is 8.08. The van der Waals surface area contributed by atoms with Gasteiger partial charge in [-0.25, -0.2) is 4.98 Å². The molecule has 3 aromatic rings. The fraction of sp³-hybridized carbons (Fsp3) is 0.346. The van der Waals surface area contributed by atoms with Crippen LogP contribution in [0.15, 0.2) is 66.7 Å². The zero-order chi connectivity index (χ0) is 22.2. The standard InChI is InChI=1S/C26H30N4O2/c1-20-28-24(30-15-8-9-16-30)19-26(29-20)32-17-14-27-25(31)18-23(21-10-4-2-5-11-21)22-12-6-3-7-13-22/h2-7,10-13,19,23H,8-9,14-18H2,1H3,(H,27,31). The second kappa shape index (κ2) is 10.8. The highest BCUT2D eigenvalue weighted by Gasteiger charge is 2.18. The van der Waals surface area contributed by atoms with Crippen molar-refractivity contribution >= 4 is 11.7 Å². The van der Waals surface area contributed by atoms with Gasteiger partial charge in [-0.1, -0.05) is 60.7 Å². The molecule has 2 heterocycles. The Morgan fingerprint density at radius 1 is 1.00 bits per heavy atom. The predicted octanol–water partition coefficient (Wildman–Crippen LogP) is 4.10. The van der Waals surface area contributed by atoms with Crippen LogP contribution < -0.4 is 15.0 Å². The predicted molar refractivity (Wildman–Crippen MR) is 126 cm³/mol. The number of hydrogen-bond acceptors (Lipinski definition) is 5. The molecule has 6 heteroatoms. The summed E-state index contributed by atoms with van der Waals surface area (Å²) in [6.07, 6.45) is 2.77. The number of aromatic nitrogens is 2. The van der Waals surface area contributed by atoms with Gasteiger partial charge in [-0.3, -0.25) is 4.79 Å². The number of rotatable bonds is 9. The van der Waals surface area contributed by atoms with Crippen LogP contribution >= 0.6 is 0 Å². The first kappa shape index (κ1) is 21.8. The third kappa shape index (κ3) is 5.84. The maximum Gasteiger partial charge on any atom is 0.221 e. The number of nitrogens with one attached hydrogen (secondary N) is 1. The van der Waals surface area contributed by atoms with Crippen molar-refractivity contribution < 1.29 is 9.53 Å². The lowest BCUT2D eigenvalue weighted by molar-refractivity contribution is -0.121. The average Bonchev–Trinajstić information content (AvgIpc) is 3.36. The number of anilines is 1. The Hall–Kier alpha value is -3.41. The van der Waals surface area contributed by atoms with Crippen molar-refractivity contribution in [1.82, 2.24) is 15.3 Å². The molecule has 1 N–H and O–H groups in total. The molecule has 0 spiro atoms. The van der Waals surface area contributed by atoms with Gasteiger partial charge < -0.3 is 15.0 Å².